The zero-order chi connectivity index (χ0) is 19.8. The zero-order valence-electron chi connectivity index (χ0n) is 15.8. The summed E-state index contributed by atoms with van der Waals surface area (Å²) >= 11 is 0. The van der Waals surface area contributed by atoms with E-state index in [0.29, 0.717) is 11.4 Å². The molecule has 0 atom stereocenters. The van der Waals surface area contributed by atoms with Gasteiger partial charge in [-0.1, -0.05) is 36.4 Å². The highest BCUT2D eigenvalue weighted by Gasteiger charge is 2.10. The van der Waals surface area contributed by atoms with E-state index in [1.54, 1.807) is 12.1 Å². The van der Waals surface area contributed by atoms with Crippen LogP contribution >= 0.6 is 0 Å². The van der Waals surface area contributed by atoms with E-state index >= 15 is 0 Å². The van der Waals surface area contributed by atoms with Crippen LogP contribution in [0.3, 0.4) is 0 Å². The number of nitrogens with one attached hydrogen (secondary N) is 2. The summed E-state index contributed by atoms with van der Waals surface area (Å²) in [6.07, 6.45) is 5.30. The quantitative estimate of drug-likeness (QED) is 0.478. The maximum Gasteiger partial charge on any atom is 0.289 e. The van der Waals surface area contributed by atoms with Crippen LogP contribution in [0, 0.1) is 0 Å². The fourth-order valence-corrected chi connectivity index (χ4v) is 2.48. The molecule has 0 aliphatic heterocycles. The van der Waals surface area contributed by atoms with Crippen molar-refractivity contribution >= 4 is 18.2 Å². The van der Waals surface area contributed by atoms with Crippen LogP contribution in [0.15, 0.2) is 71.8 Å². The molecule has 142 valence electrons. The van der Waals surface area contributed by atoms with Gasteiger partial charge in [0.25, 0.3) is 5.91 Å². The molecule has 0 spiro atoms. The molecule has 0 aliphatic rings. The molecule has 2 aromatic carbocycles. The average Bonchev–Trinajstić information content (AvgIpc) is 3.19. The van der Waals surface area contributed by atoms with Gasteiger partial charge in [-0.05, 0) is 55.8 Å². The van der Waals surface area contributed by atoms with E-state index in [1.165, 1.54) is 6.21 Å². The maximum absolute atomic E-state index is 12.2. The first-order valence-corrected chi connectivity index (χ1v) is 8.99. The number of H-pyrrole nitrogens is 1. The molecule has 6 nitrogen and oxygen atoms in total. The Morgan fingerprint density at radius 1 is 1.14 bits per heavy atom. The highest BCUT2D eigenvalue weighted by Crippen LogP contribution is 2.22. The fourth-order valence-electron chi connectivity index (χ4n) is 2.48. The molecule has 3 rings (SSSR count). The molecule has 2 N–H and O–H groups in total. The molecule has 1 heterocycles. The van der Waals surface area contributed by atoms with Gasteiger partial charge in [0.1, 0.15) is 11.4 Å². The number of amides is 1. The zero-order valence-corrected chi connectivity index (χ0v) is 15.8. The van der Waals surface area contributed by atoms with E-state index in [1.807, 2.05) is 74.5 Å². The van der Waals surface area contributed by atoms with Crippen LogP contribution in [0.1, 0.15) is 29.9 Å². The summed E-state index contributed by atoms with van der Waals surface area (Å²) in [6, 6.07) is 19.1. The van der Waals surface area contributed by atoms with E-state index < -0.39 is 0 Å². The van der Waals surface area contributed by atoms with Gasteiger partial charge in [0.2, 0.25) is 0 Å². The Labute approximate surface area is 163 Å². The van der Waals surface area contributed by atoms with E-state index in [-0.39, 0.29) is 12.0 Å². The van der Waals surface area contributed by atoms with Crippen LogP contribution in [0.5, 0.6) is 5.75 Å². The van der Waals surface area contributed by atoms with Crippen LogP contribution in [0.4, 0.5) is 0 Å². The second-order valence-electron chi connectivity index (χ2n) is 6.35. The normalized spacial score (nSPS) is 11.4. The van der Waals surface area contributed by atoms with Crippen molar-refractivity contribution in [1.29, 1.82) is 0 Å². The van der Waals surface area contributed by atoms with Gasteiger partial charge < -0.3 is 4.74 Å². The average molecular weight is 374 g/mol. The number of hydrogen-bond donors (Lipinski definition) is 2. The van der Waals surface area contributed by atoms with Crippen molar-refractivity contribution in [3.63, 3.8) is 0 Å². The number of allylic oxidation sites excluding steroid dienone is 1. The molecule has 1 amide bonds. The Hall–Kier alpha value is -3.67. The monoisotopic (exact) mass is 374 g/mol. The summed E-state index contributed by atoms with van der Waals surface area (Å²) in [5, 5.41) is 10.8. The summed E-state index contributed by atoms with van der Waals surface area (Å²) in [5.41, 5.74) is 5.43. The molecule has 0 radical (unpaired) electrons. The number of ether oxygens (including phenoxy) is 1. The smallest absolute Gasteiger partial charge is 0.289 e. The molecule has 0 saturated heterocycles. The minimum Gasteiger partial charge on any atom is -0.491 e. The molecule has 0 fully saturated rings. The van der Waals surface area contributed by atoms with Crippen molar-refractivity contribution in [3.8, 4) is 17.0 Å². The van der Waals surface area contributed by atoms with Crippen molar-refractivity contribution < 1.29 is 9.53 Å². The molecule has 3 aromatic rings. The number of aromatic amines is 1. The predicted molar refractivity (Wildman–Crippen MR) is 111 cm³/mol. The second kappa shape index (κ2) is 9.32. The Morgan fingerprint density at radius 3 is 2.61 bits per heavy atom. The molecule has 0 aliphatic carbocycles. The lowest BCUT2D eigenvalue weighted by Gasteiger charge is -2.09. The molecule has 0 saturated carbocycles. The number of carbonyl (C=O) groups is 1. The summed E-state index contributed by atoms with van der Waals surface area (Å²) < 4.78 is 5.63. The summed E-state index contributed by atoms with van der Waals surface area (Å²) in [5.74, 6) is 0.438. The fraction of sp³-hybridized carbons (Fsp3) is 0.136. The van der Waals surface area contributed by atoms with Crippen molar-refractivity contribution in [3.05, 3.63) is 78.0 Å². The van der Waals surface area contributed by atoms with Crippen molar-refractivity contribution in [2.24, 2.45) is 5.10 Å². The Kier molecular flexibility index (Phi) is 6.36. The number of rotatable bonds is 7. The number of hydrazone groups is 1. The third kappa shape index (κ3) is 5.41. The number of hydrogen-bond acceptors (Lipinski definition) is 4. The minimum atomic E-state index is -0.358. The van der Waals surface area contributed by atoms with Crippen LogP contribution in [0.2, 0.25) is 0 Å². The molecule has 28 heavy (non-hydrogen) atoms. The van der Waals surface area contributed by atoms with E-state index in [9.17, 15) is 4.79 Å². The molecule has 1 aromatic heterocycles. The highest BCUT2D eigenvalue weighted by molar-refractivity contribution is 5.94. The summed E-state index contributed by atoms with van der Waals surface area (Å²) in [6.45, 7) is 3.96. The molecular weight excluding hydrogens is 352 g/mol. The molecule has 0 unspecified atom stereocenters. The number of benzene rings is 2. The van der Waals surface area contributed by atoms with Gasteiger partial charge in [-0.15, -0.1) is 0 Å². The van der Waals surface area contributed by atoms with Crippen LogP contribution in [-0.2, 0) is 0 Å². The first-order chi connectivity index (χ1) is 13.6. The number of nitrogens with zero attached hydrogens (tertiary/aromatic N) is 2. The van der Waals surface area contributed by atoms with Gasteiger partial charge in [-0.25, -0.2) is 5.43 Å². The minimum absolute atomic E-state index is 0.120. The van der Waals surface area contributed by atoms with Gasteiger partial charge in [-0.2, -0.15) is 10.2 Å². The third-order valence-corrected chi connectivity index (χ3v) is 3.76. The van der Waals surface area contributed by atoms with Crippen LogP contribution in [-0.4, -0.2) is 28.4 Å². The molecule has 6 heteroatoms. The van der Waals surface area contributed by atoms with E-state index in [2.05, 4.69) is 20.7 Å². The van der Waals surface area contributed by atoms with Gasteiger partial charge in [0, 0.05) is 11.8 Å². The predicted octanol–water partition coefficient (Wildman–Crippen LogP) is 4.29. The largest absolute Gasteiger partial charge is 0.491 e. The number of carbonyl (C=O) groups excluding carboxylic acids is 1. The Balaban J connectivity index is 1.56. The Bertz CT molecular complexity index is 958. The first-order valence-electron chi connectivity index (χ1n) is 8.99. The lowest BCUT2D eigenvalue weighted by molar-refractivity contribution is 0.0950. The van der Waals surface area contributed by atoms with E-state index in [0.717, 1.165) is 16.9 Å². The summed E-state index contributed by atoms with van der Waals surface area (Å²) in [4.78, 5) is 12.2. The van der Waals surface area contributed by atoms with Gasteiger partial charge >= 0.3 is 0 Å². The highest BCUT2D eigenvalue weighted by atomic mass is 16.5. The van der Waals surface area contributed by atoms with Gasteiger partial charge in [-0.3, -0.25) is 9.89 Å². The third-order valence-electron chi connectivity index (χ3n) is 3.76. The maximum atomic E-state index is 12.2. The van der Waals surface area contributed by atoms with Crippen LogP contribution < -0.4 is 10.2 Å². The van der Waals surface area contributed by atoms with Crippen molar-refractivity contribution in [2.45, 2.75) is 20.0 Å². The lowest BCUT2D eigenvalue weighted by atomic mass is 10.1. The molecular formula is C22H22N4O2. The van der Waals surface area contributed by atoms with Crippen molar-refractivity contribution in [1.82, 2.24) is 15.6 Å². The van der Waals surface area contributed by atoms with Crippen LogP contribution in [0.25, 0.3) is 17.3 Å². The van der Waals surface area contributed by atoms with Crippen molar-refractivity contribution in [2.75, 3.05) is 0 Å². The van der Waals surface area contributed by atoms with Gasteiger partial charge in [0.15, 0.2) is 0 Å². The first kappa shape index (κ1) is 19.1. The SMILES string of the molecule is CC(C)Oc1ccc(-c2cc(C(=O)N/N=C\C=C\c3ccccc3)[nH]n2)cc1. The van der Waals surface area contributed by atoms with Gasteiger partial charge in [0.05, 0.1) is 11.8 Å². The standard InChI is InChI=1S/C22H22N4O2/c1-16(2)28-19-12-10-18(11-13-19)20-15-21(25-24-20)22(27)26-23-14-6-9-17-7-4-3-5-8-17/h3-16H,1-2H3,(H,24,25)(H,26,27)/b9-6+,23-14-. The lowest BCUT2D eigenvalue weighted by Crippen LogP contribution is -2.17. The summed E-state index contributed by atoms with van der Waals surface area (Å²) in [7, 11) is 0. The van der Waals surface area contributed by atoms with E-state index in [4.69, 9.17) is 4.74 Å². The Morgan fingerprint density at radius 2 is 1.89 bits per heavy atom. The second-order valence-corrected chi connectivity index (χ2v) is 6.35. The molecule has 0 bridgehead atoms. The number of aromatic nitrogens is 2. The topological polar surface area (TPSA) is 79.4 Å².